The molecule has 0 radical (unpaired) electrons. The third-order valence-corrected chi connectivity index (χ3v) is 6.20. The standard InChI is InChI=1S/C16H12N4O2S3/c21-12(17-7-10-3-1-5-22-10)8-24-16-15-14(18-9-19-16)13(20-25-15)11-4-2-6-23-11/h1-6,9H,7-8H2,(H,17,21). The second-order valence-corrected chi connectivity index (χ2v) is 7.69. The van der Waals surface area contributed by atoms with Crippen molar-refractivity contribution in [2.45, 2.75) is 11.6 Å². The van der Waals surface area contributed by atoms with Gasteiger partial charge in [-0.05, 0) is 35.1 Å². The first-order chi connectivity index (χ1) is 12.3. The summed E-state index contributed by atoms with van der Waals surface area (Å²) in [5, 5.41) is 5.61. The second-order valence-electron chi connectivity index (χ2n) is 5.01. The summed E-state index contributed by atoms with van der Waals surface area (Å²) in [6.07, 6.45) is 3.11. The molecule has 25 heavy (non-hydrogen) atoms. The van der Waals surface area contributed by atoms with Gasteiger partial charge in [0.05, 0.1) is 23.4 Å². The number of aromatic nitrogens is 3. The first-order valence-electron chi connectivity index (χ1n) is 7.37. The molecule has 0 aromatic carbocycles. The van der Waals surface area contributed by atoms with Crippen molar-refractivity contribution in [1.82, 2.24) is 19.7 Å². The molecule has 0 spiro atoms. The third-order valence-electron chi connectivity index (χ3n) is 3.36. The summed E-state index contributed by atoms with van der Waals surface area (Å²) >= 11 is 4.38. The normalized spacial score (nSPS) is 11.0. The molecule has 9 heteroatoms. The van der Waals surface area contributed by atoms with Crippen LogP contribution in [0.15, 0.2) is 51.7 Å². The van der Waals surface area contributed by atoms with Crippen molar-refractivity contribution in [3.05, 3.63) is 48.0 Å². The zero-order valence-electron chi connectivity index (χ0n) is 12.8. The monoisotopic (exact) mass is 388 g/mol. The zero-order valence-corrected chi connectivity index (χ0v) is 15.3. The van der Waals surface area contributed by atoms with E-state index in [0.29, 0.717) is 6.54 Å². The summed E-state index contributed by atoms with van der Waals surface area (Å²) in [6, 6.07) is 7.63. The SMILES string of the molecule is O=C(CSc1ncnc2c(-c3cccs3)nsc12)NCc1ccco1. The zero-order chi connectivity index (χ0) is 17.1. The topological polar surface area (TPSA) is 80.9 Å². The number of carbonyl (C=O) groups excluding carboxylic acids is 1. The van der Waals surface area contributed by atoms with Crippen molar-refractivity contribution in [2.75, 3.05) is 5.75 Å². The Morgan fingerprint density at radius 1 is 1.28 bits per heavy atom. The molecular weight excluding hydrogens is 376 g/mol. The minimum atomic E-state index is -0.0730. The summed E-state index contributed by atoms with van der Waals surface area (Å²) < 4.78 is 10.6. The van der Waals surface area contributed by atoms with E-state index in [0.717, 1.165) is 31.6 Å². The molecule has 0 aliphatic rings. The van der Waals surface area contributed by atoms with Crippen LogP contribution in [-0.4, -0.2) is 26.0 Å². The lowest BCUT2D eigenvalue weighted by atomic mass is 10.3. The van der Waals surface area contributed by atoms with Crippen LogP contribution in [0.2, 0.25) is 0 Å². The number of carbonyl (C=O) groups is 1. The largest absolute Gasteiger partial charge is 0.467 e. The van der Waals surface area contributed by atoms with Crippen molar-refractivity contribution in [2.24, 2.45) is 0 Å². The van der Waals surface area contributed by atoms with E-state index in [9.17, 15) is 4.79 Å². The maximum Gasteiger partial charge on any atom is 0.230 e. The smallest absolute Gasteiger partial charge is 0.230 e. The Balaban J connectivity index is 1.45. The van der Waals surface area contributed by atoms with E-state index in [-0.39, 0.29) is 11.7 Å². The summed E-state index contributed by atoms with van der Waals surface area (Å²) in [7, 11) is 0. The Morgan fingerprint density at radius 2 is 2.24 bits per heavy atom. The third kappa shape index (κ3) is 3.58. The molecule has 0 atom stereocenters. The number of hydrogen-bond acceptors (Lipinski definition) is 8. The lowest BCUT2D eigenvalue weighted by Crippen LogP contribution is -2.24. The van der Waals surface area contributed by atoms with Crippen molar-refractivity contribution >= 4 is 50.8 Å². The summed E-state index contributed by atoms with van der Waals surface area (Å²) in [5.74, 6) is 0.931. The molecule has 0 fully saturated rings. The van der Waals surface area contributed by atoms with E-state index in [4.69, 9.17) is 4.42 Å². The van der Waals surface area contributed by atoms with E-state index in [2.05, 4.69) is 19.7 Å². The highest BCUT2D eigenvalue weighted by molar-refractivity contribution is 8.00. The number of amides is 1. The van der Waals surface area contributed by atoms with Gasteiger partial charge in [0.1, 0.15) is 33.0 Å². The highest BCUT2D eigenvalue weighted by atomic mass is 32.2. The number of thiophene rings is 1. The molecule has 6 nitrogen and oxygen atoms in total. The maximum absolute atomic E-state index is 12.0. The predicted molar refractivity (Wildman–Crippen MR) is 99.8 cm³/mol. The molecule has 4 aromatic rings. The molecule has 4 heterocycles. The Morgan fingerprint density at radius 3 is 3.04 bits per heavy atom. The van der Waals surface area contributed by atoms with E-state index in [1.807, 2.05) is 23.6 Å². The predicted octanol–water partition coefficient (Wildman–Crippen LogP) is 3.82. The summed E-state index contributed by atoms with van der Waals surface area (Å²) in [6.45, 7) is 0.384. The van der Waals surface area contributed by atoms with Crippen LogP contribution in [-0.2, 0) is 11.3 Å². The summed E-state index contributed by atoms with van der Waals surface area (Å²) in [4.78, 5) is 21.8. The molecule has 0 saturated heterocycles. The number of thioether (sulfide) groups is 1. The molecule has 1 amide bonds. The molecule has 0 saturated carbocycles. The number of furan rings is 1. The van der Waals surface area contributed by atoms with Gasteiger partial charge in [-0.2, -0.15) is 4.37 Å². The number of nitrogens with zero attached hydrogens (tertiary/aromatic N) is 3. The van der Waals surface area contributed by atoms with Gasteiger partial charge in [-0.15, -0.1) is 11.3 Å². The van der Waals surface area contributed by atoms with Crippen LogP contribution in [0.1, 0.15) is 5.76 Å². The molecule has 126 valence electrons. The Kier molecular flexibility index (Phi) is 4.77. The molecule has 0 aliphatic carbocycles. The fraction of sp³-hybridized carbons (Fsp3) is 0.125. The van der Waals surface area contributed by atoms with E-state index in [1.54, 1.807) is 23.7 Å². The quantitative estimate of drug-likeness (QED) is 0.399. The van der Waals surface area contributed by atoms with Crippen molar-refractivity contribution in [3.8, 4) is 10.6 Å². The van der Waals surface area contributed by atoms with Crippen LogP contribution in [0.25, 0.3) is 20.8 Å². The molecule has 4 aromatic heterocycles. The van der Waals surface area contributed by atoms with Gasteiger partial charge in [-0.1, -0.05) is 17.8 Å². The molecule has 0 aliphatic heterocycles. The van der Waals surface area contributed by atoms with Gasteiger partial charge in [0.2, 0.25) is 5.91 Å². The van der Waals surface area contributed by atoms with E-state index < -0.39 is 0 Å². The average molecular weight is 388 g/mol. The van der Waals surface area contributed by atoms with Crippen LogP contribution in [0.4, 0.5) is 0 Å². The average Bonchev–Trinajstić information content (AvgIpc) is 3.38. The van der Waals surface area contributed by atoms with Gasteiger partial charge >= 0.3 is 0 Å². The van der Waals surface area contributed by atoms with Gasteiger partial charge in [-0.25, -0.2) is 9.97 Å². The summed E-state index contributed by atoms with van der Waals surface area (Å²) in [5.41, 5.74) is 1.71. The highest BCUT2D eigenvalue weighted by Crippen LogP contribution is 2.35. The van der Waals surface area contributed by atoms with E-state index in [1.165, 1.54) is 29.6 Å². The van der Waals surface area contributed by atoms with Gasteiger partial charge in [-0.3, -0.25) is 4.79 Å². The van der Waals surface area contributed by atoms with Crippen molar-refractivity contribution < 1.29 is 9.21 Å². The molecular formula is C16H12N4O2S3. The maximum atomic E-state index is 12.0. The van der Waals surface area contributed by atoms with Crippen LogP contribution >= 0.6 is 34.6 Å². The van der Waals surface area contributed by atoms with E-state index >= 15 is 0 Å². The first-order valence-corrected chi connectivity index (χ1v) is 10.0. The van der Waals surface area contributed by atoms with Crippen LogP contribution < -0.4 is 5.32 Å². The fourth-order valence-electron chi connectivity index (χ4n) is 2.20. The minimum Gasteiger partial charge on any atom is -0.467 e. The Hall–Kier alpha value is -2.23. The molecule has 1 N–H and O–H groups in total. The minimum absolute atomic E-state index is 0.0730. The number of fused-ring (bicyclic) bond motifs is 1. The fourth-order valence-corrected chi connectivity index (χ4v) is 4.72. The van der Waals surface area contributed by atoms with Gasteiger partial charge in [0, 0.05) is 0 Å². The van der Waals surface area contributed by atoms with Gasteiger partial charge < -0.3 is 9.73 Å². The van der Waals surface area contributed by atoms with Crippen molar-refractivity contribution in [3.63, 3.8) is 0 Å². The molecule has 0 bridgehead atoms. The van der Waals surface area contributed by atoms with Crippen molar-refractivity contribution in [1.29, 1.82) is 0 Å². The highest BCUT2D eigenvalue weighted by Gasteiger charge is 2.15. The Labute approximate surface area is 155 Å². The van der Waals surface area contributed by atoms with Gasteiger partial charge in [0.15, 0.2) is 0 Å². The van der Waals surface area contributed by atoms with Crippen LogP contribution in [0, 0.1) is 0 Å². The lowest BCUT2D eigenvalue weighted by Gasteiger charge is -2.03. The molecule has 4 rings (SSSR count). The number of rotatable bonds is 6. The second kappa shape index (κ2) is 7.34. The first kappa shape index (κ1) is 16.2. The Bertz CT molecular complexity index is 980. The van der Waals surface area contributed by atoms with Crippen LogP contribution in [0.3, 0.4) is 0 Å². The number of hydrogen-bond donors (Lipinski definition) is 1. The van der Waals surface area contributed by atoms with Gasteiger partial charge in [0.25, 0.3) is 0 Å². The lowest BCUT2D eigenvalue weighted by molar-refractivity contribution is -0.118. The number of nitrogens with one attached hydrogen (secondary N) is 1. The van der Waals surface area contributed by atoms with Crippen LogP contribution in [0.5, 0.6) is 0 Å². The molecule has 0 unspecified atom stereocenters.